The van der Waals surface area contributed by atoms with Gasteiger partial charge in [0.15, 0.2) is 0 Å². The topological polar surface area (TPSA) is 45.4 Å². The van der Waals surface area contributed by atoms with Crippen molar-refractivity contribution < 1.29 is 9.52 Å². The summed E-state index contributed by atoms with van der Waals surface area (Å²) in [7, 11) is 0. The predicted molar refractivity (Wildman–Crippen MR) is 79.1 cm³/mol. The van der Waals surface area contributed by atoms with E-state index in [0.717, 1.165) is 35.2 Å². The van der Waals surface area contributed by atoms with Gasteiger partial charge in [-0.15, -0.1) is 0 Å². The number of nitrogens with one attached hydrogen (secondary N) is 1. The third-order valence-electron chi connectivity index (χ3n) is 3.07. The molecule has 1 unspecified atom stereocenters. The number of furan rings is 1. The molecule has 0 saturated carbocycles. The Hall–Kier alpha value is -1.26. The number of aryl methyl sites for hydroxylation is 1. The third kappa shape index (κ3) is 4.40. The molecule has 2 N–H and O–H groups in total. The first-order chi connectivity index (χ1) is 9.15. The monoisotopic (exact) mass is 323 g/mol. The lowest BCUT2D eigenvalue weighted by atomic mass is 10.1. The van der Waals surface area contributed by atoms with E-state index in [2.05, 4.69) is 28.2 Å². The molecule has 1 aromatic carbocycles. The van der Waals surface area contributed by atoms with Crippen LogP contribution in [0.25, 0.3) is 0 Å². The Labute approximate surface area is 121 Å². The van der Waals surface area contributed by atoms with Gasteiger partial charge in [-0.25, -0.2) is 0 Å². The lowest BCUT2D eigenvalue weighted by Crippen LogP contribution is -2.25. The van der Waals surface area contributed by atoms with Gasteiger partial charge in [0.2, 0.25) is 0 Å². The van der Waals surface area contributed by atoms with Gasteiger partial charge in [0.05, 0.1) is 10.7 Å². The van der Waals surface area contributed by atoms with Crippen LogP contribution in [0.4, 0.5) is 0 Å². The fourth-order valence-electron chi connectivity index (χ4n) is 1.87. The second-order valence-electron chi connectivity index (χ2n) is 4.69. The molecule has 2 rings (SSSR count). The highest BCUT2D eigenvalue weighted by Crippen LogP contribution is 2.24. The number of phenolic OH excluding ortho intramolecular Hbond substituents is 1. The van der Waals surface area contributed by atoms with Crippen molar-refractivity contribution in [3.63, 3.8) is 0 Å². The molecule has 0 aliphatic rings. The number of halogens is 1. The number of phenols is 1. The normalized spacial score (nSPS) is 12.5. The molecule has 0 bridgehead atoms. The Morgan fingerprint density at radius 1 is 1.37 bits per heavy atom. The van der Waals surface area contributed by atoms with Gasteiger partial charge in [0.25, 0.3) is 0 Å². The Morgan fingerprint density at radius 3 is 2.89 bits per heavy atom. The van der Waals surface area contributed by atoms with Gasteiger partial charge < -0.3 is 14.8 Å². The van der Waals surface area contributed by atoms with Crippen LogP contribution in [0.1, 0.15) is 24.7 Å². The van der Waals surface area contributed by atoms with Crippen molar-refractivity contribution >= 4 is 15.9 Å². The minimum Gasteiger partial charge on any atom is -0.507 e. The highest BCUT2D eigenvalue weighted by atomic mass is 79.9. The fourth-order valence-corrected chi connectivity index (χ4v) is 2.29. The molecular weight excluding hydrogens is 306 g/mol. The summed E-state index contributed by atoms with van der Waals surface area (Å²) in [5.74, 6) is 1.30. The highest BCUT2D eigenvalue weighted by Gasteiger charge is 2.05. The molecule has 1 atom stereocenters. The summed E-state index contributed by atoms with van der Waals surface area (Å²) in [6.07, 6.45) is 3.69. The molecule has 0 aliphatic heterocycles. The molecule has 2 aromatic rings. The maximum absolute atomic E-state index is 9.43. The van der Waals surface area contributed by atoms with Crippen LogP contribution in [0, 0.1) is 0 Å². The molecule has 0 radical (unpaired) electrons. The lowest BCUT2D eigenvalue weighted by Gasteiger charge is -2.13. The highest BCUT2D eigenvalue weighted by molar-refractivity contribution is 9.10. The van der Waals surface area contributed by atoms with E-state index in [0.29, 0.717) is 6.04 Å². The minimum absolute atomic E-state index is 0.273. The van der Waals surface area contributed by atoms with E-state index >= 15 is 0 Å². The molecule has 1 heterocycles. The first-order valence-electron chi connectivity index (χ1n) is 6.38. The minimum atomic E-state index is 0.273. The van der Waals surface area contributed by atoms with Gasteiger partial charge >= 0.3 is 0 Å². The SMILES string of the molecule is CC(CCc1ccco1)NCc1ccc(O)c(Br)c1. The first-order valence-corrected chi connectivity index (χ1v) is 7.17. The van der Waals surface area contributed by atoms with Crippen LogP contribution in [0.15, 0.2) is 45.5 Å². The predicted octanol–water partition coefficient (Wildman–Crippen LogP) is 3.86. The summed E-state index contributed by atoms with van der Waals surface area (Å²) in [5, 5.41) is 12.9. The van der Waals surface area contributed by atoms with E-state index in [1.807, 2.05) is 24.3 Å². The van der Waals surface area contributed by atoms with Crippen LogP contribution in [0.3, 0.4) is 0 Å². The zero-order valence-corrected chi connectivity index (χ0v) is 12.5. The third-order valence-corrected chi connectivity index (χ3v) is 3.71. The molecule has 0 aliphatic carbocycles. The molecule has 19 heavy (non-hydrogen) atoms. The van der Waals surface area contributed by atoms with Gasteiger partial charge in [-0.2, -0.15) is 0 Å². The average molecular weight is 324 g/mol. The summed E-state index contributed by atoms with van der Waals surface area (Å²) in [6.45, 7) is 2.95. The Kier molecular flexibility index (Phi) is 5.05. The number of aromatic hydroxyl groups is 1. The molecule has 102 valence electrons. The van der Waals surface area contributed by atoms with Crippen molar-refractivity contribution in [3.8, 4) is 5.75 Å². The van der Waals surface area contributed by atoms with E-state index in [1.54, 1.807) is 12.3 Å². The lowest BCUT2D eigenvalue weighted by molar-refractivity contribution is 0.458. The smallest absolute Gasteiger partial charge is 0.129 e. The van der Waals surface area contributed by atoms with Gasteiger partial charge in [-0.05, 0) is 59.1 Å². The molecule has 3 nitrogen and oxygen atoms in total. The van der Waals surface area contributed by atoms with Crippen LogP contribution < -0.4 is 5.32 Å². The molecule has 1 aromatic heterocycles. The molecule has 0 amide bonds. The Bertz CT molecular complexity index is 511. The van der Waals surface area contributed by atoms with Crippen molar-refractivity contribution in [2.45, 2.75) is 32.4 Å². The first kappa shape index (κ1) is 14.2. The van der Waals surface area contributed by atoms with Gasteiger partial charge in [-0.1, -0.05) is 6.07 Å². The second-order valence-corrected chi connectivity index (χ2v) is 5.54. The average Bonchev–Trinajstić information content (AvgIpc) is 2.91. The van der Waals surface area contributed by atoms with Gasteiger partial charge in [0, 0.05) is 19.0 Å². The number of hydrogen-bond acceptors (Lipinski definition) is 3. The van der Waals surface area contributed by atoms with Crippen molar-refractivity contribution in [2.75, 3.05) is 0 Å². The summed E-state index contributed by atoms with van der Waals surface area (Å²) < 4.78 is 6.05. The molecule has 0 fully saturated rings. The van der Waals surface area contributed by atoms with Gasteiger partial charge in [0.1, 0.15) is 11.5 Å². The van der Waals surface area contributed by atoms with Crippen LogP contribution in [-0.4, -0.2) is 11.1 Å². The van der Waals surface area contributed by atoms with Gasteiger partial charge in [-0.3, -0.25) is 0 Å². The number of rotatable bonds is 6. The molecule has 4 heteroatoms. The summed E-state index contributed by atoms with van der Waals surface area (Å²) in [4.78, 5) is 0. The second kappa shape index (κ2) is 6.78. The zero-order chi connectivity index (χ0) is 13.7. The van der Waals surface area contributed by atoms with E-state index in [4.69, 9.17) is 4.42 Å². The molecular formula is C15H18BrNO2. The summed E-state index contributed by atoms with van der Waals surface area (Å²) in [5.41, 5.74) is 1.15. The van der Waals surface area contributed by atoms with Crippen molar-refractivity contribution in [2.24, 2.45) is 0 Å². The van der Waals surface area contributed by atoms with Crippen LogP contribution in [0.5, 0.6) is 5.75 Å². The van der Waals surface area contributed by atoms with Crippen molar-refractivity contribution in [1.82, 2.24) is 5.32 Å². The summed E-state index contributed by atoms with van der Waals surface area (Å²) in [6, 6.07) is 9.89. The maximum atomic E-state index is 9.43. The molecule has 0 saturated heterocycles. The van der Waals surface area contributed by atoms with Crippen LogP contribution in [0.2, 0.25) is 0 Å². The van der Waals surface area contributed by atoms with Crippen molar-refractivity contribution in [1.29, 1.82) is 0 Å². The van der Waals surface area contributed by atoms with Crippen LogP contribution >= 0.6 is 15.9 Å². The maximum Gasteiger partial charge on any atom is 0.129 e. The van der Waals surface area contributed by atoms with E-state index < -0.39 is 0 Å². The molecule has 0 spiro atoms. The van der Waals surface area contributed by atoms with Crippen LogP contribution in [-0.2, 0) is 13.0 Å². The Morgan fingerprint density at radius 2 is 2.21 bits per heavy atom. The summed E-state index contributed by atoms with van der Waals surface area (Å²) >= 11 is 3.32. The van der Waals surface area contributed by atoms with E-state index in [9.17, 15) is 5.11 Å². The van der Waals surface area contributed by atoms with E-state index in [-0.39, 0.29) is 5.75 Å². The van der Waals surface area contributed by atoms with E-state index in [1.165, 1.54) is 0 Å². The zero-order valence-electron chi connectivity index (χ0n) is 10.9. The standard InChI is InChI=1S/C15H18BrNO2/c1-11(4-6-13-3-2-8-19-13)17-10-12-5-7-15(18)14(16)9-12/h2-3,5,7-9,11,17-18H,4,6,10H2,1H3. The van der Waals surface area contributed by atoms with Crippen molar-refractivity contribution in [3.05, 3.63) is 52.4 Å². The quantitative estimate of drug-likeness (QED) is 0.848. The fraction of sp³-hybridized carbons (Fsp3) is 0.333. The number of hydrogen-bond donors (Lipinski definition) is 2. The Balaban J connectivity index is 1.76. The number of benzene rings is 1. The largest absolute Gasteiger partial charge is 0.507 e.